The molecule has 0 aliphatic rings. The van der Waals surface area contributed by atoms with E-state index in [9.17, 15) is 0 Å². The van der Waals surface area contributed by atoms with Crippen LogP contribution in [0.15, 0.2) is 30.3 Å². The van der Waals surface area contributed by atoms with Crippen LogP contribution in [0, 0.1) is 20.8 Å². The van der Waals surface area contributed by atoms with Crippen LogP contribution in [0.3, 0.4) is 0 Å². The van der Waals surface area contributed by atoms with Crippen molar-refractivity contribution >= 4 is 0 Å². The van der Waals surface area contributed by atoms with Crippen LogP contribution in [-0.2, 0) is 0 Å². The third-order valence-electron chi connectivity index (χ3n) is 2.98. The van der Waals surface area contributed by atoms with Crippen LogP contribution in [0.4, 0.5) is 0 Å². The zero-order chi connectivity index (χ0) is 13.8. The number of benzene rings is 1. The van der Waals surface area contributed by atoms with Gasteiger partial charge in [-0.15, -0.1) is 0 Å². The molecule has 0 saturated carbocycles. The number of rotatable bonds is 4. The molecule has 0 unspecified atom stereocenters. The summed E-state index contributed by atoms with van der Waals surface area (Å²) in [6.45, 7) is 6.39. The van der Waals surface area contributed by atoms with Gasteiger partial charge in [-0.25, -0.2) is 4.98 Å². The molecule has 2 aromatic rings. The molecule has 3 heteroatoms. The van der Waals surface area contributed by atoms with Crippen molar-refractivity contribution in [2.75, 3.05) is 13.2 Å². The maximum Gasteiger partial charge on any atom is 0.214 e. The van der Waals surface area contributed by atoms with Crippen LogP contribution in [0.1, 0.15) is 16.8 Å². The van der Waals surface area contributed by atoms with Crippen LogP contribution >= 0.6 is 0 Å². The van der Waals surface area contributed by atoms with E-state index in [4.69, 9.17) is 9.84 Å². The Bertz CT molecular complexity index is 579. The van der Waals surface area contributed by atoms with Gasteiger partial charge in [0.05, 0.1) is 6.61 Å². The van der Waals surface area contributed by atoms with Gasteiger partial charge in [0.2, 0.25) is 5.88 Å². The van der Waals surface area contributed by atoms with Crippen molar-refractivity contribution in [1.29, 1.82) is 0 Å². The summed E-state index contributed by atoms with van der Waals surface area (Å²) in [7, 11) is 0. The first-order chi connectivity index (χ1) is 9.10. The van der Waals surface area contributed by atoms with Gasteiger partial charge in [-0.05, 0) is 43.5 Å². The molecule has 1 aromatic heterocycles. The van der Waals surface area contributed by atoms with Gasteiger partial charge in [-0.1, -0.05) is 23.8 Å². The van der Waals surface area contributed by atoms with E-state index in [0.717, 1.165) is 11.3 Å². The normalized spacial score (nSPS) is 10.5. The van der Waals surface area contributed by atoms with Crippen molar-refractivity contribution < 1.29 is 9.84 Å². The summed E-state index contributed by atoms with van der Waals surface area (Å²) in [5.74, 6) is 0.560. The number of aliphatic hydroxyl groups is 1. The Morgan fingerprint density at radius 2 is 1.89 bits per heavy atom. The minimum Gasteiger partial charge on any atom is -0.475 e. The van der Waals surface area contributed by atoms with Crippen molar-refractivity contribution in [3.8, 4) is 17.0 Å². The Balaban J connectivity index is 2.43. The Morgan fingerprint density at radius 3 is 2.63 bits per heavy atom. The summed E-state index contributed by atoms with van der Waals surface area (Å²) in [6, 6.07) is 10.4. The van der Waals surface area contributed by atoms with Gasteiger partial charge < -0.3 is 9.84 Å². The molecule has 100 valence electrons. The van der Waals surface area contributed by atoms with Crippen molar-refractivity contribution in [1.82, 2.24) is 4.98 Å². The molecule has 0 amide bonds. The molecule has 0 bridgehead atoms. The van der Waals surface area contributed by atoms with Gasteiger partial charge in [0.25, 0.3) is 0 Å². The Hall–Kier alpha value is -1.87. The highest BCUT2D eigenvalue weighted by Gasteiger charge is 2.06. The standard InChI is InChI=1S/C16H19NO2/c1-11-4-5-12(2)15(8-11)14-9-13(3)17-16(10-14)19-7-6-18/h4-5,8-10,18H,6-7H2,1-3H3. The minimum absolute atomic E-state index is 0.00553. The van der Waals surface area contributed by atoms with Crippen LogP contribution in [0.25, 0.3) is 11.1 Å². The molecule has 1 heterocycles. The lowest BCUT2D eigenvalue weighted by Crippen LogP contribution is -2.03. The smallest absolute Gasteiger partial charge is 0.214 e. The van der Waals surface area contributed by atoms with Gasteiger partial charge in [-0.3, -0.25) is 0 Å². The van der Waals surface area contributed by atoms with Crippen LogP contribution in [-0.4, -0.2) is 23.3 Å². The van der Waals surface area contributed by atoms with Gasteiger partial charge in [0.15, 0.2) is 0 Å². The molecule has 0 fully saturated rings. The Kier molecular flexibility index (Phi) is 4.17. The van der Waals surface area contributed by atoms with Gasteiger partial charge in [0, 0.05) is 11.8 Å². The number of ether oxygens (including phenoxy) is 1. The summed E-state index contributed by atoms with van der Waals surface area (Å²) in [5.41, 5.74) is 5.66. The van der Waals surface area contributed by atoms with E-state index in [1.807, 2.05) is 19.1 Å². The average Bonchev–Trinajstić information content (AvgIpc) is 2.38. The first-order valence-corrected chi connectivity index (χ1v) is 6.40. The molecule has 1 aromatic carbocycles. The lowest BCUT2D eigenvalue weighted by molar-refractivity contribution is 0.196. The number of aliphatic hydroxyl groups excluding tert-OH is 1. The highest BCUT2D eigenvalue weighted by Crippen LogP contribution is 2.27. The predicted molar refractivity (Wildman–Crippen MR) is 76.5 cm³/mol. The van der Waals surface area contributed by atoms with E-state index in [1.54, 1.807) is 0 Å². The second kappa shape index (κ2) is 5.85. The molecular formula is C16H19NO2. The number of aryl methyl sites for hydroxylation is 3. The lowest BCUT2D eigenvalue weighted by Gasteiger charge is -2.11. The minimum atomic E-state index is -0.00553. The second-order valence-corrected chi connectivity index (χ2v) is 4.73. The number of hydrogen-bond acceptors (Lipinski definition) is 3. The molecule has 0 saturated heterocycles. The topological polar surface area (TPSA) is 42.4 Å². The largest absolute Gasteiger partial charge is 0.475 e. The van der Waals surface area contributed by atoms with Crippen molar-refractivity contribution in [3.05, 3.63) is 47.2 Å². The highest BCUT2D eigenvalue weighted by molar-refractivity contribution is 5.69. The van der Waals surface area contributed by atoms with E-state index in [0.29, 0.717) is 5.88 Å². The Morgan fingerprint density at radius 1 is 1.11 bits per heavy atom. The summed E-state index contributed by atoms with van der Waals surface area (Å²) < 4.78 is 5.41. The fraction of sp³-hybridized carbons (Fsp3) is 0.312. The number of aromatic nitrogens is 1. The molecule has 19 heavy (non-hydrogen) atoms. The summed E-state index contributed by atoms with van der Waals surface area (Å²) in [4.78, 5) is 4.32. The third-order valence-corrected chi connectivity index (χ3v) is 2.98. The molecule has 0 radical (unpaired) electrons. The highest BCUT2D eigenvalue weighted by atomic mass is 16.5. The van der Waals surface area contributed by atoms with E-state index >= 15 is 0 Å². The van der Waals surface area contributed by atoms with Gasteiger partial charge in [0.1, 0.15) is 6.61 Å². The zero-order valence-corrected chi connectivity index (χ0v) is 11.6. The molecule has 0 atom stereocenters. The molecular weight excluding hydrogens is 238 g/mol. The van der Waals surface area contributed by atoms with Crippen molar-refractivity contribution in [2.45, 2.75) is 20.8 Å². The van der Waals surface area contributed by atoms with Crippen molar-refractivity contribution in [2.24, 2.45) is 0 Å². The van der Waals surface area contributed by atoms with Crippen LogP contribution in [0.2, 0.25) is 0 Å². The molecule has 3 nitrogen and oxygen atoms in total. The monoisotopic (exact) mass is 257 g/mol. The predicted octanol–water partition coefficient (Wildman–Crippen LogP) is 3.04. The maximum absolute atomic E-state index is 8.81. The quantitative estimate of drug-likeness (QED) is 0.915. The Labute approximate surface area is 113 Å². The molecule has 0 aliphatic heterocycles. The molecule has 1 N–H and O–H groups in total. The SMILES string of the molecule is Cc1ccc(C)c(-c2cc(C)nc(OCCO)c2)c1. The van der Waals surface area contributed by atoms with Crippen molar-refractivity contribution in [3.63, 3.8) is 0 Å². The average molecular weight is 257 g/mol. The summed E-state index contributed by atoms with van der Waals surface area (Å²) in [6.07, 6.45) is 0. The zero-order valence-electron chi connectivity index (χ0n) is 11.6. The molecule has 0 aliphatic carbocycles. The number of pyridine rings is 1. The van der Waals surface area contributed by atoms with E-state index < -0.39 is 0 Å². The molecule has 0 spiro atoms. The number of hydrogen-bond donors (Lipinski definition) is 1. The fourth-order valence-electron chi connectivity index (χ4n) is 2.06. The lowest BCUT2D eigenvalue weighted by atomic mass is 9.99. The van der Waals surface area contributed by atoms with E-state index in [2.05, 4.69) is 37.0 Å². The van der Waals surface area contributed by atoms with Crippen LogP contribution in [0.5, 0.6) is 5.88 Å². The van der Waals surface area contributed by atoms with Gasteiger partial charge in [-0.2, -0.15) is 0 Å². The fourth-order valence-corrected chi connectivity index (χ4v) is 2.06. The third kappa shape index (κ3) is 3.32. The van der Waals surface area contributed by atoms with E-state index in [-0.39, 0.29) is 13.2 Å². The second-order valence-electron chi connectivity index (χ2n) is 4.73. The maximum atomic E-state index is 8.81. The first-order valence-electron chi connectivity index (χ1n) is 6.40. The molecule has 2 rings (SSSR count). The summed E-state index contributed by atoms with van der Waals surface area (Å²) >= 11 is 0. The summed E-state index contributed by atoms with van der Waals surface area (Å²) in [5, 5.41) is 8.81. The van der Waals surface area contributed by atoms with Gasteiger partial charge >= 0.3 is 0 Å². The first kappa shape index (κ1) is 13.6. The van der Waals surface area contributed by atoms with E-state index in [1.165, 1.54) is 16.7 Å². The van der Waals surface area contributed by atoms with Crippen LogP contribution < -0.4 is 4.74 Å². The number of nitrogens with zero attached hydrogens (tertiary/aromatic N) is 1.